The van der Waals surface area contributed by atoms with Gasteiger partial charge in [-0.2, -0.15) is 0 Å². The Labute approximate surface area is 51.9 Å². The van der Waals surface area contributed by atoms with Crippen LogP contribution in [0.4, 0.5) is 5.82 Å². The van der Waals surface area contributed by atoms with Gasteiger partial charge in [0, 0.05) is 19.4 Å². The first-order valence-electron chi connectivity index (χ1n) is 2.56. The Morgan fingerprint density at radius 2 is 2.56 bits per heavy atom. The molecular weight excluding hydrogens is 118 g/mol. The Kier molecular flexibility index (Phi) is 1.48. The van der Waals surface area contributed by atoms with Gasteiger partial charge in [-0.3, -0.25) is 4.79 Å². The summed E-state index contributed by atoms with van der Waals surface area (Å²) in [6, 6.07) is 0. The van der Waals surface area contributed by atoms with Crippen LogP contribution in [-0.2, 0) is 0 Å². The molecule has 0 atom stereocenters. The van der Waals surface area contributed by atoms with E-state index in [4.69, 9.17) is 0 Å². The molecule has 2 N–H and O–H groups in total. The van der Waals surface area contributed by atoms with E-state index in [1.807, 2.05) is 0 Å². The molecule has 48 valence electrons. The van der Waals surface area contributed by atoms with Gasteiger partial charge >= 0.3 is 0 Å². The Bertz CT molecular complexity index is 242. The third-order valence-corrected chi connectivity index (χ3v) is 0.944. The zero-order valence-corrected chi connectivity index (χ0v) is 5.01. The van der Waals surface area contributed by atoms with E-state index in [0.29, 0.717) is 5.82 Å². The summed E-state index contributed by atoms with van der Waals surface area (Å²) in [5, 5.41) is 2.64. The molecule has 0 amide bonds. The third kappa shape index (κ3) is 1.07. The summed E-state index contributed by atoms with van der Waals surface area (Å²) in [6.07, 6.45) is 3.01. The number of nitrogens with one attached hydrogen (secondary N) is 2. The predicted molar refractivity (Wildman–Crippen MR) is 34.4 cm³/mol. The topological polar surface area (TPSA) is 57.8 Å². The molecule has 0 aliphatic rings. The van der Waals surface area contributed by atoms with Crippen LogP contribution in [0.1, 0.15) is 0 Å². The lowest BCUT2D eigenvalue weighted by molar-refractivity contribution is 1.13. The van der Waals surface area contributed by atoms with Gasteiger partial charge in [0.05, 0.1) is 0 Å². The second-order valence-corrected chi connectivity index (χ2v) is 1.52. The van der Waals surface area contributed by atoms with Crippen LogP contribution in [0.3, 0.4) is 0 Å². The van der Waals surface area contributed by atoms with E-state index in [2.05, 4.69) is 15.3 Å². The van der Waals surface area contributed by atoms with Crippen LogP contribution in [-0.4, -0.2) is 17.0 Å². The van der Waals surface area contributed by atoms with Gasteiger partial charge in [0.2, 0.25) is 0 Å². The lowest BCUT2D eigenvalue weighted by atomic mass is 10.6. The molecule has 1 aromatic rings. The van der Waals surface area contributed by atoms with Crippen LogP contribution in [0.2, 0.25) is 0 Å². The van der Waals surface area contributed by atoms with Crippen molar-refractivity contribution in [3.8, 4) is 0 Å². The molecule has 0 aliphatic carbocycles. The average Bonchev–Trinajstić information content (AvgIpc) is 1.89. The molecule has 4 heteroatoms. The second kappa shape index (κ2) is 2.30. The molecule has 4 nitrogen and oxygen atoms in total. The van der Waals surface area contributed by atoms with Gasteiger partial charge in [-0.1, -0.05) is 0 Å². The summed E-state index contributed by atoms with van der Waals surface area (Å²) in [5.41, 5.74) is -0.194. The van der Waals surface area contributed by atoms with E-state index in [0.717, 1.165) is 0 Å². The van der Waals surface area contributed by atoms with E-state index in [1.54, 1.807) is 7.05 Å². The largest absolute Gasteiger partial charge is 0.369 e. The average molecular weight is 125 g/mol. The number of aromatic amines is 1. The van der Waals surface area contributed by atoms with Gasteiger partial charge in [0.15, 0.2) is 5.82 Å². The highest BCUT2D eigenvalue weighted by Gasteiger charge is 1.91. The van der Waals surface area contributed by atoms with Gasteiger partial charge in [-0.25, -0.2) is 4.98 Å². The highest BCUT2D eigenvalue weighted by Crippen LogP contribution is 1.83. The minimum atomic E-state index is -0.194. The van der Waals surface area contributed by atoms with Gasteiger partial charge < -0.3 is 10.3 Å². The normalized spacial score (nSPS) is 9.00. The highest BCUT2D eigenvalue weighted by molar-refractivity contribution is 5.28. The molecule has 0 saturated carbocycles. The second-order valence-electron chi connectivity index (χ2n) is 1.52. The van der Waals surface area contributed by atoms with Crippen molar-refractivity contribution in [2.45, 2.75) is 0 Å². The van der Waals surface area contributed by atoms with Crippen LogP contribution in [0, 0.1) is 0 Å². The summed E-state index contributed by atoms with van der Waals surface area (Å²) in [4.78, 5) is 16.9. The minimum Gasteiger partial charge on any atom is -0.369 e. The van der Waals surface area contributed by atoms with Crippen molar-refractivity contribution >= 4 is 5.82 Å². The zero-order valence-electron chi connectivity index (χ0n) is 5.01. The number of rotatable bonds is 1. The maximum Gasteiger partial charge on any atom is 0.290 e. The molecule has 0 aliphatic heterocycles. The third-order valence-electron chi connectivity index (χ3n) is 0.944. The first-order valence-corrected chi connectivity index (χ1v) is 2.56. The summed E-state index contributed by atoms with van der Waals surface area (Å²) in [7, 11) is 1.65. The number of hydrogen-bond donors (Lipinski definition) is 2. The maximum absolute atomic E-state index is 10.7. The van der Waals surface area contributed by atoms with Gasteiger partial charge in [-0.15, -0.1) is 0 Å². The van der Waals surface area contributed by atoms with Crippen molar-refractivity contribution in [1.82, 2.24) is 9.97 Å². The van der Waals surface area contributed by atoms with Crippen LogP contribution in [0.25, 0.3) is 0 Å². The van der Waals surface area contributed by atoms with Crippen LogP contribution < -0.4 is 10.9 Å². The standard InChI is InChI=1S/C5H7N3O/c1-6-4-5(9)8-3-2-7-4/h2-3H,1H3,(H,6,7)(H,8,9). The fourth-order valence-electron chi connectivity index (χ4n) is 0.530. The van der Waals surface area contributed by atoms with Crippen LogP contribution in [0.5, 0.6) is 0 Å². The SMILES string of the molecule is CNc1ncc[nH]c1=O. The van der Waals surface area contributed by atoms with Crippen LogP contribution >= 0.6 is 0 Å². The van der Waals surface area contributed by atoms with Crippen LogP contribution in [0.15, 0.2) is 17.2 Å². The number of anilines is 1. The number of hydrogen-bond acceptors (Lipinski definition) is 3. The van der Waals surface area contributed by atoms with E-state index in [1.165, 1.54) is 12.4 Å². The summed E-state index contributed by atoms with van der Waals surface area (Å²) in [5.74, 6) is 0.345. The molecule has 0 fully saturated rings. The first kappa shape index (κ1) is 5.81. The molecule has 0 aromatic carbocycles. The molecule has 1 rings (SSSR count). The summed E-state index contributed by atoms with van der Waals surface area (Å²) in [6.45, 7) is 0. The van der Waals surface area contributed by atoms with E-state index >= 15 is 0 Å². The predicted octanol–water partition coefficient (Wildman–Crippen LogP) is -0.188. The van der Waals surface area contributed by atoms with Gasteiger partial charge in [0.25, 0.3) is 5.56 Å². The smallest absolute Gasteiger partial charge is 0.290 e. The maximum atomic E-state index is 10.7. The molecule has 0 bridgehead atoms. The van der Waals surface area contributed by atoms with E-state index in [-0.39, 0.29) is 5.56 Å². The summed E-state index contributed by atoms with van der Waals surface area (Å²) < 4.78 is 0. The molecule has 1 aromatic heterocycles. The van der Waals surface area contributed by atoms with E-state index in [9.17, 15) is 4.79 Å². The lowest BCUT2D eigenvalue weighted by Crippen LogP contribution is -2.11. The monoisotopic (exact) mass is 125 g/mol. The van der Waals surface area contributed by atoms with Crippen molar-refractivity contribution in [1.29, 1.82) is 0 Å². The molecule has 0 saturated heterocycles. The quantitative estimate of drug-likeness (QED) is 0.547. The first-order chi connectivity index (χ1) is 4.34. The molecular formula is C5H7N3O. The molecule has 0 spiro atoms. The lowest BCUT2D eigenvalue weighted by Gasteiger charge is -1.92. The Morgan fingerprint density at radius 3 is 3.00 bits per heavy atom. The van der Waals surface area contributed by atoms with Gasteiger partial charge in [0.1, 0.15) is 0 Å². The number of H-pyrrole nitrogens is 1. The van der Waals surface area contributed by atoms with Crippen molar-refractivity contribution in [3.05, 3.63) is 22.7 Å². The molecule has 9 heavy (non-hydrogen) atoms. The summed E-state index contributed by atoms with van der Waals surface area (Å²) >= 11 is 0. The van der Waals surface area contributed by atoms with E-state index < -0.39 is 0 Å². The Hall–Kier alpha value is -1.32. The number of nitrogens with zero attached hydrogens (tertiary/aromatic N) is 1. The minimum absolute atomic E-state index is 0.194. The number of aromatic nitrogens is 2. The van der Waals surface area contributed by atoms with Crippen molar-refractivity contribution in [2.24, 2.45) is 0 Å². The Morgan fingerprint density at radius 1 is 1.78 bits per heavy atom. The fraction of sp³-hybridized carbons (Fsp3) is 0.200. The fourth-order valence-corrected chi connectivity index (χ4v) is 0.530. The van der Waals surface area contributed by atoms with Crippen molar-refractivity contribution < 1.29 is 0 Å². The molecule has 0 radical (unpaired) electrons. The highest BCUT2D eigenvalue weighted by atomic mass is 16.1. The molecule has 0 unspecified atom stereocenters. The molecule has 1 heterocycles. The Balaban J connectivity index is 3.16. The van der Waals surface area contributed by atoms with Crippen molar-refractivity contribution in [3.63, 3.8) is 0 Å². The zero-order chi connectivity index (χ0) is 6.69. The van der Waals surface area contributed by atoms with Crippen molar-refractivity contribution in [2.75, 3.05) is 12.4 Å². The van der Waals surface area contributed by atoms with Gasteiger partial charge in [-0.05, 0) is 0 Å².